The second-order valence-corrected chi connectivity index (χ2v) is 8.68. The number of nitriles is 1. The van der Waals surface area contributed by atoms with Gasteiger partial charge in [-0.3, -0.25) is 4.79 Å². The number of rotatable bonds is 8. The highest BCUT2D eigenvalue weighted by atomic mass is 35.5. The first kappa shape index (κ1) is 27.5. The van der Waals surface area contributed by atoms with Gasteiger partial charge in [0.1, 0.15) is 23.7 Å². The lowest BCUT2D eigenvalue weighted by Crippen LogP contribution is -2.32. The standard InChI is InChI=1S/C26H17ClF5N5O2/c27-21-9-18(6-8-23(21)39-26(30,31)32)25(38)36(13-19-5-7-20(28)10-22(19)29)14-24-35-34-15-37(24)12-17-3-1-16(11-33)2-4-17/h1-10,15H,12-14H2. The van der Waals surface area contributed by atoms with Crippen molar-refractivity contribution < 1.29 is 31.5 Å². The summed E-state index contributed by atoms with van der Waals surface area (Å²) in [5, 5.41) is 16.5. The van der Waals surface area contributed by atoms with Gasteiger partial charge in [0.15, 0.2) is 5.82 Å². The maximum atomic E-state index is 14.5. The quantitative estimate of drug-likeness (QED) is 0.251. The highest BCUT2D eigenvalue weighted by Gasteiger charge is 2.32. The number of amides is 1. The Bertz CT molecular complexity index is 1530. The molecule has 0 saturated carbocycles. The van der Waals surface area contributed by atoms with Gasteiger partial charge in [-0.1, -0.05) is 29.8 Å². The fourth-order valence-corrected chi connectivity index (χ4v) is 3.88. The second-order valence-electron chi connectivity index (χ2n) is 8.27. The predicted molar refractivity (Wildman–Crippen MR) is 128 cm³/mol. The maximum Gasteiger partial charge on any atom is 0.573 e. The molecule has 0 radical (unpaired) electrons. The molecule has 200 valence electrons. The van der Waals surface area contributed by atoms with Crippen LogP contribution in [0.3, 0.4) is 0 Å². The molecule has 13 heteroatoms. The van der Waals surface area contributed by atoms with E-state index in [1.54, 1.807) is 28.8 Å². The molecule has 0 aliphatic heterocycles. The second kappa shape index (κ2) is 11.5. The molecule has 1 amide bonds. The van der Waals surface area contributed by atoms with Crippen LogP contribution in [0, 0.1) is 23.0 Å². The van der Waals surface area contributed by atoms with Crippen molar-refractivity contribution >= 4 is 17.5 Å². The zero-order valence-corrected chi connectivity index (χ0v) is 20.5. The molecule has 0 unspecified atom stereocenters. The number of ether oxygens (including phenoxy) is 1. The number of carbonyl (C=O) groups excluding carboxylic acids is 1. The molecule has 1 aromatic heterocycles. The van der Waals surface area contributed by atoms with Crippen molar-refractivity contribution in [2.24, 2.45) is 0 Å². The third-order valence-electron chi connectivity index (χ3n) is 5.53. The number of nitrogens with zero attached hydrogens (tertiary/aromatic N) is 5. The summed E-state index contributed by atoms with van der Waals surface area (Å²) in [6, 6.07) is 14.7. The number of hydrogen-bond donors (Lipinski definition) is 0. The van der Waals surface area contributed by atoms with Crippen LogP contribution in [0.5, 0.6) is 5.75 Å². The molecule has 4 aromatic rings. The molecule has 0 aliphatic carbocycles. The van der Waals surface area contributed by atoms with E-state index in [0.29, 0.717) is 17.5 Å². The van der Waals surface area contributed by atoms with E-state index in [2.05, 4.69) is 14.9 Å². The largest absolute Gasteiger partial charge is 0.573 e. The van der Waals surface area contributed by atoms with Gasteiger partial charge in [0.25, 0.3) is 5.91 Å². The lowest BCUT2D eigenvalue weighted by atomic mass is 10.1. The topological polar surface area (TPSA) is 84.0 Å². The minimum Gasteiger partial charge on any atom is -0.404 e. The van der Waals surface area contributed by atoms with Gasteiger partial charge >= 0.3 is 6.36 Å². The molecule has 0 saturated heterocycles. The van der Waals surface area contributed by atoms with Crippen LogP contribution in [0.25, 0.3) is 0 Å². The summed E-state index contributed by atoms with van der Waals surface area (Å²) in [5.41, 5.74) is 1.18. The Morgan fingerprint density at radius 1 is 1.05 bits per heavy atom. The lowest BCUT2D eigenvalue weighted by Gasteiger charge is -2.23. The van der Waals surface area contributed by atoms with Gasteiger partial charge in [0.05, 0.1) is 29.7 Å². The minimum absolute atomic E-state index is 0.00831. The van der Waals surface area contributed by atoms with Crippen LogP contribution in [0.15, 0.2) is 67.0 Å². The first-order chi connectivity index (χ1) is 18.5. The van der Waals surface area contributed by atoms with E-state index in [0.717, 1.165) is 29.8 Å². The molecule has 1 heterocycles. The van der Waals surface area contributed by atoms with Crippen molar-refractivity contribution in [2.45, 2.75) is 26.0 Å². The SMILES string of the molecule is N#Cc1ccc(Cn2cnnc2CN(Cc2ccc(F)cc2F)C(=O)c2ccc(OC(F)(F)F)c(Cl)c2)cc1. The van der Waals surface area contributed by atoms with Crippen LogP contribution in [-0.4, -0.2) is 31.9 Å². The third-order valence-corrected chi connectivity index (χ3v) is 5.83. The van der Waals surface area contributed by atoms with E-state index in [1.807, 2.05) is 6.07 Å². The summed E-state index contributed by atoms with van der Waals surface area (Å²) < 4.78 is 71.3. The molecular formula is C26H17ClF5N5O2. The lowest BCUT2D eigenvalue weighted by molar-refractivity contribution is -0.274. The van der Waals surface area contributed by atoms with Gasteiger partial charge in [0.2, 0.25) is 0 Å². The predicted octanol–water partition coefficient (Wildman–Crippen LogP) is 5.87. The van der Waals surface area contributed by atoms with Crippen molar-refractivity contribution in [1.82, 2.24) is 19.7 Å². The van der Waals surface area contributed by atoms with Crippen molar-refractivity contribution in [3.8, 4) is 11.8 Å². The zero-order valence-electron chi connectivity index (χ0n) is 19.8. The van der Waals surface area contributed by atoms with Gasteiger partial charge in [-0.15, -0.1) is 23.4 Å². The summed E-state index contributed by atoms with van der Waals surface area (Å²) in [6.45, 7) is -0.228. The summed E-state index contributed by atoms with van der Waals surface area (Å²) in [4.78, 5) is 14.6. The van der Waals surface area contributed by atoms with Crippen molar-refractivity contribution in [2.75, 3.05) is 0 Å². The highest BCUT2D eigenvalue weighted by molar-refractivity contribution is 6.32. The number of alkyl halides is 3. The van der Waals surface area contributed by atoms with Crippen molar-refractivity contribution in [3.05, 3.63) is 112 Å². The highest BCUT2D eigenvalue weighted by Crippen LogP contribution is 2.31. The number of benzene rings is 3. The normalized spacial score (nSPS) is 11.2. The Hall–Kier alpha value is -4.50. The average molecular weight is 562 g/mol. The van der Waals surface area contributed by atoms with E-state index in [1.165, 1.54) is 17.3 Å². The van der Waals surface area contributed by atoms with Crippen LogP contribution < -0.4 is 4.74 Å². The number of hydrogen-bond acceptors (Lipinski definition) is 5. The van der Waals surface area contributed by atoms with Crippen LogP contribution >= 0.6 is 11.6 Å². The molecule has 0 fully saturated rings. The summed E-state index contributed by atoms with van der Waals surface area (Å²) in [5.74, 6) is -2.80. The molecule has 0 atom stereocenters. The monoisotopic (exact) mass is 561 g/mol. The number of carbonyl (C=O) groups is 1. The molecule has 0 bridgehead atoms. The maximum absolute atomic E-state index is 14.5. The van der Waals surface area contributed by atoms with E-state index in [4.69, 9.17) is 16.9 Å². The fourth-order valence-electron chi connectivity index (χ4n) is 3.66. The van der Waals surface area contributed by atoms with Crippen LogP contribution in [0.2, 0.25) is 5.02 Å². The van der Waals surface area contributed by atoms with Gasteiger partial charge in [-0.05, 0) is 42.0 Å². The summed E-state index contributed by atoms with van der Waals surface area (Å²) in [7, 11) is 0. The van der Waals surface area contributed by atoms with E-state index >= 15 is 0 Å². The number of halogens is 6. The minimum atomic E-state index is -4.99. The van der Waals surface area contributed by atoms with Gasteiger partial charge in [-0.2, -0.15) is 5.26 Å². The fraction of sp³-hybridized carbons (Fsp3) is 0.154. The third kappa shape index (κ3) is 7.08. The van der Waals surface area contributed by atoms with Gasteiger partial charge < -0.3 is 14.2 Å². The molecule has 3 aromatic carbocycles. The molecule has 39 heavy (non-hydrogen) atoms. The zero-order chi connectivity index (χ0) is 28.2. The first-order valence-electron chi connectivity index (χ1n) is 11.2. The van der Waals surface area contributed by atoms with Crippen molar-refractivity contribution in [3.63, 3.8) is 0 Å². The Morgan fingerprint density at radius 2 is 1.79 bits per heavy atom. The van der Waals surface area contributed by atoms with E-state index in [9.17, 15) is 26.7 Å². The molecule has 4 rings (SSSR count). The Morgan fingerprint density at radius 3 is 2.44 bits per heavy atom. The van der Waals surface area contributed by atoms with Crippen LogP contribution in [0.1, 0.15) is 32.9 Å². The first-order valence-corrected chi connectivity index (χ1v) is 11.5. The number of aromatic nitrogens is 3. The Kier molecular flexibility index (Phi) is 8.11. The average Bonchev–Trinajstić information content (AvgIpc) is 3.32. The molecule has 0 aliphatic rings. The molecule has 7 nitrogen and oxygen atoms in total. The molecule has 0 spiro atoms. The molecule has 0 N–H and O–H groups in total. The van der Waals surface area contributed by atoms with E-state index in [-0.39, 0.29) is 30.8 Å². The Labute approximate surface area is 223 Å². The summed E-state index contributed by atoms with van der Waals surface area (Å²) >= 11 is 5.92. The Balaban J connectivity index is 1.63. The molecular weight excluding hydrogens is 545 g/mol. The smallest absolute Gasteiger partial charge is 0.404 e. The van der Waals surface area contributed by atoms with Crippen LogP contribution in [-0.2, 0) is 19.6 Å². The van der Waals surface area contributed by atoms with Crippen LogP contribution in [0.4, 0.5) is 22.0 Å². The van der Waals surface area contributed by atoms with Gasteiger partial charge in [-0.25, -0.2) is 8.78 Å². The van der Waals surface area contributed by atoms with Gasteiger partial charge in [0, 0.05) is 23.7 Å². The summed E-state index contributed by atoms with van der Waals surface area (Å²) in [6.07, 6.45) is -3.56. The van der Waals surface area contributed by atoms with Crippen molar-refractivity contribution in [1.29, 1.82) is 5.26 Å². The van der Waals surface area contributed by atoms with E-state index < -0.39 is 34.7 Å².